The van der Waals surface area contributed by atoms with Crippen molar-refractivity contribution in [2.24, 2.45) is 0 Å². The van der Waals surface area contributed by atoms with Crippen LogP contribution in [0.5, 0.6) is 11.5 Å². The van der Waals surface area contributed by atoms with Crippen molar-refractivity contribution < 1.29 is 18.7 Å². The van der Waals surface area contributed by atoms with Crippen molar-refractivity contribution in [1.82, 2.24) is 20.1 Å². The number of amides is 1. The van der Waals surface area contributed by atoms with Gasteiger partial charge in [-0.25, -0.2) is 0 Å². The molecular weight excluding hydrogens is 428 g/mol. The van der Waals surface area contributed by atoms with Gasteiger partial charge in [0.05, 0.1) is 18.1 Å². The molecule has 32 heavy (non-hydrogen) atoms. The summed E-state index contributed by atoms with van der Waals surface area (Å²) in [5.74, 6) is 2.62. The number of hydrogen-bond acceptors (Lipinski definition) is 7. The summed E-state index contributed by atoms with van der Waals surface area (Å²) in [6, 6.07) is 19.1. The standard InChI is InChI=1S/C23H20N4O4S/c1-15(22(28)24-13-18-8-5-11-29-18)32-23-26-25-21(27(23)17-6-3-2-4-7-17)16-9-10-19-20(12-16)31-14-30-19/h2-12,15H,13-14H2,1H3,(H,24,28). The van der Waals surface area contributed by atoms with E-state index in [-0.39, 0.29) is 18.0 Å². The van der Waals surface area contributed by atoms with Gasteiger partial charge in [0.25, 0.3) is 0 Å². The third-order valence-corrected chi connectivity index (χ3v) is 5.99. The van der Waals surface area contributed by atoms with Crippen LogP contribution in [0.2, 0.25) is 0 Å². The van der Waals surface area contributed by atoms with Gasteiger partial charge in [-0.15, -0.1) is 10.2 Å². The molecule has 5 rings (SSSR count). The van der Waals surface area contributed by atoms with Gasteiger partial charge >= 0.3 is 0 Å². The van der Waals surface area contributed by atoms with Crippen molar-refractivity contribution in [3.8, 4) is 28.6 Å². The lowest BCUT2D eigenvalue weighted by Crippen LogP contribution is -2.30. The van der Waals surface area contributed by atoms with Gasteiger partial charge in [-0.3, -0.25) is 9.36 Å². The van der Waals surface area contributed by atoms with Gasteiger partial charge in [0.2, 0.25) is 12.7 Å². The number of aromatic nitrogens is 3. The van der Waals surface area contributed by atoms with Crippen LogP contribution in [0.25, 0.3) is 17.1 Å². The monoisotopic (exact) mass is 448 g/mol. The lowest BCUT2D eigenvalue weighted by Gasteiger charge is -2.14. The Hall–Kier alpha value is -3.72. The van der Waals surface area contributed by atoms with Crippen molar-refractivity contribution in [1.29, 1.82) is 0 Å². The molecule has 1 aliphatic heterocycles. The molecule has 162 valence electrons. The van der Waals surface area contributed by atoms with Crippen LogP contribution in [0.4, 0.5) is 0 Å². The van der Waals surface area contributed by atoms with Crippen molar-refractivity contribution in [2.75, 3.05) is 6.79 Å². The number of ether oxygens (including phenoxy) is 2. The first-order chi connectivity index (χ1) is 15.7. The molecule has 3 heterocycles. The van der Waals surface area contributed by atoms with Gasteiger partial charge in [-0.1, -0.05) is 30.0 Å². The summed E-state index contributed by atoms with van der Waals surface area (Å²) in [6.07, 6.45) is 1.58. The summed E-state index contributed by atoms with van der Waals surface area (Å²) >= 11 is 1.34. The van der Waals surface area contributed by atoms with Crippen molar-refractivity contribution in [3.05, 3.63) is 72.7 Å². The Morgan fingerprint density at radius 1 is 1.09 bits per heavy atom. The zero-order valence-corrected chi connectivity index (χ0v) is 18.0. The highest BCUT2D eigenvalue weighted by atomic mass is 32.2. The number of rotatable bonds is 7. The Morgan fingerprint density at radius 3 is 2.75 bits per heavy atom. The lowest BCUT2D eigenvalue weighted by molar-refractivity contribution is -0.120. The molecular formula is C23H20N4O4S. The molecule has 0 saturated carbocycles. The molecule has 1 atom stereocenters. The van der Waals surface area contributed by atoms with Gasteiger partial charge in [-0.2, -0.15) is 0 Å². The first-order valence-corrected chi connectivity index (χ1v) is 10.9. The Morgan fingerprint density at radius 2 is 1.94 bits per heavy atom. The minimum Gasteiger partial charge on any atom is -0.467 e. The zero-order chi connectivity index (χ0) is 21.9. The van der Waals surface area contributed by atoms with Crippen molar-refractivity contribution in [2.45, 2.75) is 23.9 Å². The summed E-state index contributed by atoms with van der Waals surface area (Å²) < 4.78 is 18.2. The maximum Gasteiger partial charge on any atom is 0.233 e. The number of benzene rings is 2. The van der Waals surface area contributed by atoms with E-state index in [1.807, 2.05) is 66.1 Å². The molecule has 0 radical (unpaired) electrons. The average Bonchev–Trinajstić information content (AvgIpc) is 3.58. The van der Waals surface area contributed by atoms with Crippen LogP contribution >= 0.6 is 11.8 Å². The average molecular weight is 449 g/mol. The summed E-state index contributed by atoms with van der Waals surface area (Å²) in [5.41, 5.74) is 1.74. The molecule has 1 unspecified atom stereocenters. The highest BCUT2D eigenvalue weighted by Gasteiger charge is 2.23. The molecule has 0 fully saturated rings. The van der Waals surface area contributed by atoms with Crippen LogP contribution in [0.3, 0.4) is 0 Å². The molecule has 0 aliphatic carbocycles. The predicted molar refractivity (Wildman–Crippen MR) is 119 cm³/mol. The van der Waals surface area contributed by atoms with Gasteiger partial charge < -0.3 is 19.2 Å². The van der Waals surface area contributed by atoms with Gasteiger partial charge in [0.1, 0.15) is 5.76 Å². The van der Waals surface area contributed by atoms with Crippen molar-refractivity contribution >= 4 is 17.7 Å². The minimum absolute atomic E-state index is 0.112. The largest absolute Gasteiger partial charge is 0.467 e. The van der Waals surface area contributed by atoms with Gasteiger partial charge in [0, 0.05) is 11.3 Å². The Kier molecular flexibility index (Phi) is 5.55. The molecule has 1 aliphatic rings. The fourth-order valence-corrected chi connectivity index (χ4v) is 4.21. The van der Waals surface area contributed by atoms with Gasteiger partial charge in [0.15, 0.2) is 22.5 Å². The van der Waals surface area contributed by atoms with E-state index in [1.165, 1.54) is 11.8 Å². The molecule has 1 N–H and O–H groups in total. The fourth-order valence-electron chi connectivity index (χ4n) is 3.32. The summed E-state index contributed by atoms with van der Waals surface area (Å²) in [7, 11) is 0. The number of thioether (sulfide) groups is 1. The van der Waals surface area contributed by atoms with Crippen LogP contribution < -0.4 is 14.8 Å². The SMILES string of the molecule is CC(Sc1nnc(-c2ccc3c(c2)OCO3)n1-c1ccccc1)C(=O)NCc1ccco1. The van der Waals surface area contributed by atoms with Crippen LogP contribution in [-0.4, -0.2) is 32.7 Å². The maximum atomic E-state index is 12.6. The number of hydrogen-bond donors (Lipinski definition) is 1. The fraction of sp³-hybridized carbons (Fsp3) is 0.174. The highest BCUT2D eigenvalue weighted by Crippen LogP contribution is 2.37. The third kappa shape index (κ3) is 4.06. The van der Waals surface area contributed by atoms with Gasteiger partial charge in [-0.05, 0) is 49.4 Å². The second kappa shape index (κ2) is 8.80. The summed E-state index contributed by atoms with van der Waals surface area (Å²) in [5, 5.41) is 12.0. The molecule has 8 nitrogen and oxygen atoms in total. The minimum atomic E-state index is -0.388. The number of nitrogens with zero attached hydrogens (tertiary/aromatic N) is 3. The zero-order valence-electron chi connectivity index (χ0n) is 17.2. The molecule has 9 heteroatoms. The predicted octanol–water partition coefficient (Wildman–Crippen LogP) is 4.05. The topological polar surface area (TPSA) is 91.4 Å². The summed E-state index contributed by atoms with van der Waals surface area (Å²) in [4.78, 5) is 12.6. The lowest BCUT2D eigenvalue weighted by atomic mass is 10.2. The molecule has 0 saturated heterocycles. The van der Waals surface area contributed by atoms with E-state index in [2.05, 4.69) is 15.5 Å². The van der Waals surface area contributed by atoms with E-state index in [4.69, 9.17) is 13.9 Å². The number of carbonyl (C=O) groups excluding carboxylic acids is 1. The van der Waals surface area contributed by atoms with Crippen LogP contribution in [-0.2, 0) is 11.3 Å². The second-order valence-corrected chi connectivity index (χ2v) is 8.41. The highest BCUT2D eigenvalue weighted by molar-refractivity contribution is 8.00. The number of furan rings is 1. The molecule has 2 aromatic carbocycles. The van der Waals surface area contributed by atoms with E-state index in [9.17, 15) is 4.79 Å². The van der Waals surface area contributed by atoms with Crippen LogP contribution in [0.1, 0.15) is 12.7 Å². The van der Waals surface area contributed by atoms with E-state index < -0.39 is 0 Å². The molecule has 1 amide bonds. The third-order valence-electron chi connectivity index (χ3n) is 4.95. The van der Waals surface area contributed by atoms with E-state index >= 15 is 0 Å². The smallest absolute Gasteiger partial charge is 0.233 e. The van der Waals surface area contributed by atoms with E-state index in [0.717, 1.165) is 11.3 Å². The molecule has 0 spiro atoms. The van der Waals surface area contributed by atoms with Crippen LogP contribution in [0, 0.1) is 0 Å². The number of fused-ring (bicyclic) bond motifs is 1. The maximum absolute atomic E-state index is 12.6. The Labute approximate surface area is 188 Å². The van der Waals surface area contributed by atoms with Crippen molar-refractivity contribution in [3.63, 3.8) is 0 Å². The Balaban J connectivity index is 1.43. The van der Waals surface area contributed by atoms with Crippen LogP contribution in [0.15, 0.2) is 76.5 Å². The molecule has 0 bridgehead atoms. The molecule has 2 aromatic heterocycles. The molecule has 4 aromatic rings. The number of carbonyl (C=O) groups is 1. The number of nitrogens with one attached hydrogen (secondary N) is 1. The van der Waals surface area contributed by atoms with E-state index in [1.54, 1.807) is 12.3 Å². The summed E-state index contributed by atoms with van der Waals surface area (Å²) in [6.45, 7) is 2.38. The first-order valence-electron chi connectivity index (χ1n) is 10.1. The second-order valence-electron chi connectivity index (χ2n) is 7.10. The Bertz CT molecular complexity index is 1220. The van der Waals surface area contributed by atoms with E-state index in [0.29, 0.717) is 34.8 Å². The quantitative estimate of drug-likeness (QED) is 0.427. The first kappa shape index (κ1) is 20.2. The number of para-hydroxylation sites is 1. The normalized spacial score (nSPS) is 13.2.